The number of nitrogens with zero attached hydrogens (tertiary/aromatic N) is 2. The number of hydrogen-bond donors (Lipinski definition) is 3. The van der Waals surface area contributed by atoms with E-state index >= 15 is 0 Å². The molecule has 4 N–H and O–H groups in total. The van der Waals surface area contributed by atoms with Gasteiger partial charge in [-0.3, -0.25) is 14.4 Å². The van der Waals surface area contributed by atoms with Gasteiger partial charge in [0, 0.05) is 26.2 Å². The van der Waals surface area contributed by atoms with Crippen molar-refractivity contribution in [2.75, 3.05) is 26.7 Å². The largest absolute Gasteiger partial charge is 0.368 e. The van der Waals surface area contributed by atoms with Crippen molar-refractivity contribution < 1.29 is 19.2 Å². The van der Waals surface area contributed by atoms with Gasteiger partial charge < -0.3 is 26.2 Å². The highest BCUT2D eigenvalue weighted by atomic mass is 16.2. The van der Waals surface area contributed by atoms with E-state index in [4.69, 9.17) is 5.73 Å². The van der Waals surface area contributed by atoms with E-state index in [0.29, 0.717) is 6.54 Å². The Morgan fingerprint density at radius 3 is 2.50 bits per heavy atom. The van der Waals surface area contributed by atoms with Gasteiger partial charge in [0.1, 0.15) is 6.04 Å². The number of primary amides is 1. The van der Waals surface area contributed by atoms with E-state index in [1.54, 1.807) is 19.9 Å². The van der Waals surface area contributed by atoms with Crippen molar-refractivity contribution in [2.24, 2.45) is 5.73 Å². The zero-order chi connectivity index (χ0) is 19.9. The van der Waals surface area contributed by atoms with Gasteiger partial charge >= 0.3 is 6.03 Å². The van der Waals surface area contributed by atoms with Crippen LogP contribution in [0.3, 0.4) is 0 Å². The predicted octanol–water partition coefficient (Wildman–Crippen LogP) is -0.649. The fraction of sp³-hybridized carbons (Fsp3) is 0.529. The smallest absolute Gasteiger partial charge is 0.315 e. The minimum Gasteiger partial charge on any atom is -0.368 e. The lowest BCUT2D eigenvalue weighted by Crippen LogP contribution is -2.48. The molecule has 1 heterocycles. The predicted molar refractivity (Wildman–Crippen MR) is 96.9 cm³/mol. The Hall–Kier alpha value is -2.84. The van der Waals surface area contributed by atoms with Crippen LogP contribution in [-0.2, 0) is 14.4 Å². The molecule has 9 nitrogen and oxygen atoms in total. The molecular formula is C17H27N5O4. The molecule has 26 heavy (non-hydrogen) atoms. The topological polar surface area (TPSA) is 125 Å². The van der Waals surface area contributed by atoms with Crippen molar-refractivity contribution in [1.82, 2.24) is 20.4 Å². The van der Waals surface area contributed by atoms with Crippen LogP contribution in [0.15, 0.2) is 24.3 Å². The molecule has 1 saturated heterocycles. The quantitative estimate of drug-likeness (QED) is 0.409. The van der Waals surface area contributed by atoms with Crippen LogP contribution in [0.25, 0.3) is 0 Å². The number of nitrogens with two attached hydrogens (primary N) is 1. The number of likely N-dealkylation sites (N-methyl/N-ethyl adjacent to an activating group) is 1. The van der Waals surface area contributed by atoms with Crippen molar-refractivity contribution >= 4 is 23.8 Å². The van der Waals surface area contributed by atoms with E-state index < -0.39 is 23.9 Å². The Morgan fingerprint density at radius 2 is 1.96 bits per heavy atom. The molecule has 0 saturated carbocycles. The maximum Gasteiger partial charge on any atom is 0.315 e. The Balaban J connectivity index is 2.91. The second-order valence-electron chi connectivity index (χ2n) is 6.46. The Morgan fingerprint density at radius 1 is 1.31 bits per heavy atom. The summed E-state index contributed by atoms with van der Waals surface area (Å²) in [5.74, 6) is -1.35. The minimum absolute atomic E-state index is 0.199. The lowest BCUT2D eigenvalue weighted by molar-refractivity contribution is -0.142. The fourth-order valence-electron chi connectivity index (χ4n) is 2.72. The molecule has 1 aliphatic rings. The van der Waals surface area contributed by atoms with Crippen molar-refractivity contribution in [3.63, 3.8) is 0 Å². The first-order chi connectivity index (χ1) is 12.1. The number of allylic oxidation sites excluding steroid dienone is 1. The van der Waals surface area contributed by atoms with E-state index in [2.05, 4.69) is 17.2 Å². The highest BCUT2D eigenvalue weighted by Crippen LogP contribution is 2.21. The zero-order valence-electron chi connectivity index (χ0n) is 15.4. The van der Waals surface area contributed by atoms with E-state index in [9.17, 15) is 19.2 Å². The molecule has 0 aliphatic carbocycles. The number of carbonyl (C=O) groups excluding carboxylic acids is 4. The van der Waals surface area contributed by atoms with Gasteiger partial charge in [-0.05, 0) is 20.3 Å². The van der Waals surface area contributed by atoms with Crippen molar-refractivity contribution in [3.05, 3.63) is 24.3 Å². The first-order valence-electron chi connectivity index (χ1n) is 8.29. The number of urea groups is 1. The van der Waals surface area contributed by atoms with Crippen molar-refractivity contribution in [2.45, 2.75) is 32.4 Å². The molecule has 0 aromatic carbocycles. The molecule has 5 amide bonds. The molecule has 0 unspecified atom stereocenters. The van der Waals surface area contributed by atoms with Gasteiger partial charge in [0.2, 0.25) is 17.7 Å². The monoisotopic (exact) mass is 365 g/mol. The fourth-order valence-corrected chi connectivity index (χ4v) is 2.72. The second kappa shape index (κ2) is 9.59. The summed E-state index contributed by atoms with van der Waals surface area (Å²) in [5.41, 5.74) is 5.93. The normalized spacial score (nSPS) is 18.7. The van der Waals surface area contributed by atoms with Gasteiger partial charge in [0.05, 0.1) is 12.6 Å². The molecule has 144 valence electrons. The number of amides is 5. The molecule has 0 aromatic heterocycles. The van der Waals surface area contributed by atoms with Crippen LogP contribution in [0.4, 0.5) is 4.79 Å². The summed E-state index contributed by atoms with van der Waals surface area (Å²) >= 11 is 0. The second-order valence-corrected chi connectivity index (χ2v) is 6.46. The van der Waals surface area contributed by atoms with Crippen LogP contribution in [0, 0.1) is 0 Å². The van der Waals surface area contributed by atoms with E-state index in [1.165, 1.54) is 22.9 Å². The first-order valence-corrected chi connectivity index (χ1v) is 8.29. The van der Waals surface area contributed by atoms with Gasteiger partial charge in [0.25, 0.3) is 0 Å². The number of carbonyl (C=O) groups is 4. The van der Waals surface area contributed by atoms with Crippen LogP contribution in [0.2, 0.25) is 0 Å². The Bertz CT molecular complexity index is 612. The lowest BCUT2D eigenvalue weighted by Gasteiger charge is -2.26. The average Bonchev–Trinajstić information content (AvgIpc) is 2.94. The molecule has 2 atom stereocenters. The highest BCUT2D eigenvalue weighted by Gasteiger charge is 2.40. The molecule has 0 radical (unpaired) electrons. The van der Waals surface area contributed by atoms with Crippen LogP contribution in [-0.4, -0.2) is 72.3 Å². The van der Waals surface area contributed by atoms with Gasteiger partial charge in [0.15, 0.2) is 0 Å². The summed E-state index contributed by atoms with van der Waals surface area (Å²) in [5, 5.41) is 5.33. The molecule has 1 aliphatic heterocycles. The van der Waals surface area contributed by atoms with E-state index in [1.807, 2.05) is 0 Å². The Labute approximate surface area is 153 Å². The third kappa shape index (κ3) is 6.23. The Kier molecular flexibility index (Phi) is 7.82. The molecule has 9 heteroatoms. The molecule has 0 aromatic rings. The molecule has 1 fully saturated rings. The summed E-state index contributed by atoms with van der Waals surface area (Å²) in [6.45, 7) is 7.35. The van der Waals surface area contributed by atoms with Gasteiger partial charge in [-0.2, -0.15) is 0 Å². The van der Waals surface area contributed by atoms with Crippen molar-refractivity contribution in [1.29, 1.82) is 0 Å². The first kappa shape index (κ1) is 21.2. The zero-order valence-corrected chi connectivity index (χ0v) is 15.4. The van der Waals surface area contributed by atoms with E-state index in [0.717, 1.165) is 5.57 Å². The standard InChI is InChI=1S/C17H27N5O4/c1-5-6-19-17(26)20-12-8-13(16(25)21(4)10-14(18)23)22(9-12)15(24)7-11(2)3/h5,7,12-13H,1,6,8-10H2,2-4H3,(H2,18,23)(H2,19,20,26)/t12-,13-/m0/s1. The molecule has 0 spiro atoms. The molecule has 1 rings (SSSR count). The van der Waals surface area contributed by atoms with Gasteiger partial charge in [-0.1, -0.05) is 11.6 Å². The van der Waals surface area contributed by atoms with Gasteiger partial charge in [-0.25, -0.2) is 4.79 Å². The van der Waals surface area contributed by atoms with Crippen LogP contribution in [0.5, 0.6) is 0 Å². The maximum absolute atomic E-state index is 12.6. The summed E-state index contributed by atoms with van der Waals surface area (Å²) in [6.07, 6.45) is 3.24. The van der Waals surface area contributed by atoms with E-state index in [-0.39, 0.29) is 31.5 Å². The molecular weight excluding hydrogens is 338 g/mol. The van der Waals surface area contributed by atoms with Crippen LogP contribution in [0.1, 0.15) is 20.3 Å². The highest BCUT2D eigenvalue weighted by molar-refractivity contribution is 5.95. The van der Waals surface area contributed by atoms with Crippen LogP contribution >= 0.6 is 0 Å². The number of nitrogens with one attached hydrogen (secondary N) is 2. The summed E-state index contributed by atoms with van der Waals surface area (Å²) < 4.78 is 0. The number of likely N-dealkylation sites (tertiary alicyclic amines) is 1. The average molecular weight is 365 g/mol. The lowest BCUT2D eigenvalue weighted by atomic mass is 10.1. The minimum atomic E-state index is -0.771. The number of rotatable bonds is 7. The summed E-state index contributed by atoms with van der Waals surface area (Å²) in [7, 11) is 1.45. The van der Waals surface area contributed by atoms with Crippen molar-refractivity contribution in [3.8, 4) is 0 Å². The number of hydrogen-bond acceptors (Lipinski definition) is 4. The maximum atomic E-state index is 12.6. The SMILES string of the molecule is C=CCNC(=O)N[C@H]1C[C@@H](C(=O)N(C)CC(N)=O)N(C(=O)C=C(C)C)C1. The summed E-state index contributed by atoms with van der Waals surface area (Å²) in [4.78, 5) is 50.6. The third-order valence-corrected chi connectivity index (χ3v) is 3.79. The third-order valence-electron chi connectivity index (χ3n) is 3.79. The summed E-state index contributed by atoms with van der Waals surface area (Å²) in [6, 6.07) is -1.56. The van der Waals surface area contributed by atoms with Gasteiger partial charge in [-0.15, -0.1) is 6.58 Å². The molecule has 0 bridgehead atoms. The van der Waals surface area contributed by atoms with Crippen LogP contribution < -0.4 is 16.4 Å².